The van der Waals surface area contributed by atoms with Gasteiger partial charge in [-0.05, 0) is 31.2 Å². The molecule has 1 fully saturated rings. The van der Waals surface area contributed by atoms with Crippen molar-refractivity contribution in [2.24, 2.45) is 0 Å². The van der Waals surface area contributed by atoms with E-state index in [9.17, 15) is 10.1 Å². The number of nitrogen functional groups attached to an aromatic ring is 1. The highest BCUT2D eigenvalue weighted by Crippen LogP contribution is 2.36. The Hall–Kier alpha value is -2.39. The van der Waals surface area contributed by atoms with Crippen LogP contribution in [-0.4, -0.2) is 40.1 Å². The molecule has 0 saturated carbocycles. The second kappa shape index (κ2) is 9.82. The Labute approximate surface area is 192 Å². The Balaban J connectivity index is 1.63. The molecule has 1 aliphatic heterocycles. The third-order valence-corrected chi connectivity index (χ3v) is 7.72. The van der Waals surface area contributed by atoms with Gasteiger partial charge in [-0.3, -0.25) is 4.57 Å². The number of aromatic nitrogens is 3. The fourth-order valence-corrected chi connectivity index (χ4v) is 6.10. The first-order chi connectivity index (χ1) is 15.1. The minimum atomic E-state index is -0.462. The van der Waals surface area contributed by atoms with E-state index in [1.54, 1.807) is 18.3 Å². The van der Waals surface area contributed by atoms with Crippen LogP contribution in [0.2, 0.25) is 0 Å². The smallest absolute Gasteiger partial charge is 0.348 e. The highest BCUT2D eigenvalue weighted by molar-refractivity contribution is 7.98. The molecule has 2 N–H and O–H groups in total. The lowest BCUT2D eigenvalue weighted by Crippen LogP contribution is -2.16. The molecule has 0 spiro atoms. The monoisotopic (exact) mass is 475 g/mol. The van der Waals surface area contributed by atoms with Crippen LogP contribution in [-0.2, 0) is 21.8 Å². The molecule has 1 aliphatic rings. The van der Waals surface area contributed by atoms with Gasteiger partial charge < -0.3 is 15.2 Å². The summed E-state index contributed by atoms with van der Waals surface area (Å²) in [5.41, 5.74) is 6.90. The van der Waals surface area contributed by atoms with Crippen LogP contribution in [0.4, 0.5) is 5.00 Å². The van der Waals surface area contributed by atoms with Gasteiger partial charge in [-0.15, -0.1) is 32.9 Å². The Morgan fingerprint density at radius 3 is 3.06 bits per heavy atom. The molecule has 0 amide bonds. The summed E-state index contributed by atoms with van der Waals surface area (Å²) in [5.74, 6) is 0.694. The number of carbonyl (C=O) groups excluding carboxylic acids is 1. The first-order valence-electron chi connectivity index (χ1n) is 9.82. The molecule has 0 radical (unpaired) electrons. The fourth-order valence-electron chi connectivity index (χ4n) is 3.38. The number of nitrogens with two attached hydrogens (primary N) is 1. The lowest BCUT2D eigenvalue weighted by Gasteiger charge is -2.14. The van der Waals surface area contributed by atoms with Crippen LogP contribution in [0.5, 0.6) is 0 Å². The number of anilines is 1. The third kappa shape index (κ3) is 4.62. The molecule has 8 nitrogen and oxygen atoms in total. The maximum atomic E-state index is 12.4. The lowest BCUT2D eigenvalue weighted by molar-refractivity contribution is 0.0531. The van der Waals surface area contributed by atoms with Crippen molar-refractivity contribution in [1.82, 2.24) is 14.8 Å². The molecule has 0 bridgehead atoms. The summed E-state index contributed by atoms with van der Waals surface area (Å²) in [4.78, 5) is 13.8. The number of rotatable bonds is 8. The van der Waals surface area contributed by atoms with Crippen molar-refractivity contribution in [1.29, 1.82) is 5.26 Å². The number of nitriles is 1. The topological polar surface area (TPSA) is 116 Å². The van der Waals surface area contributed by atoms with Crippen LogP contribution >= 0.6 is 34.4 Å². The summed E-state index contributed by atoms with van der Waals surface area (Å²) < 4.78 is 13.0. The van der Waals surface area contributed by atoms with Crippen molar-refractivity contribution in [3.05, 3.63) is 33.5 Å². The van der Waals surface area contributed by atoms with E-state index in [0.717, 1.165) is 41.5 Å². The molecular weight excluding hydrogens is 454 g/mol. The number of thiophene rings is 2. The first-order valence-corrected chi connectivity index (χ1v) is 12.5. The predicted octanol–water partition coefficient (Wildman–Crippen LogP) is 4.17. The van der Waals surface area contributed by atoms with Gasteiger partial charge in [0.25, 0.3) is 0 Å². The molecule has 3 aromatic heterocycles. The highest BCUT2D eigenvalue weighted by atomic mass is 32.2. The molecule has 4 heterocycles. The summed E-state index contributed by atoms with van der Waals surface area (Å²) in [5, 5.41) is 21.4. The predicted molar refractivity (Wildman–Crippen MR) is 121 cm³/mol. The van der Waals surface area contributed by atoms with E-state index in [4.69, 9.17) is 15.2 Å². The molecule has 31 heavy (non-hydrogen) atoms. The average molecular weight is 476 g/mol. The number of ether oxygens (including phenoxy) is 2. The van der Waals surface area contributed by atoms with Crippen LogP contribution < -0.4 is 5.73 Å². The Kier molecular flexibility index (Phi) is 6.92. The van der Waals surface area contributed by atoms with Gasteiger partial charge >= 0.3 is 5.97 Å². The van der Waals surface area contributed by atoms with Crippen LogP contribution in [0, 0.1) is 11.3 Å². The zero-order valence-electron chi connectivity index (χ0n) is 16.9. The van der Waals surface area contributed by atoms with Crippen LogP contribution in [0.25, 0.3) is 10.7 Å². The number of hydrogen-bond acceptors (Lipinski definition) is 10. The second-order valence-corrected chi connectivity index (χ2v) is 9.74. The van der Waals surface area contributed by atoms with E-state index in [1.165, 1.54) is 11.8 Å². The standard InChI is InChI=1S/C20H21N5O3S3/c1-2-27-19(26)16-14(13(9-21)17(22)31-16)11-30-20-24-23-18(15-6-4-8-29-15)25(20)10-12-5-3-7-28-12/h4,6,8,12H,2-3,5,7,10-11,22H2,1H3/t12-/m0/s1. The minimum absolute atomic E-state index is 0.121. The quantitative estimate of drug-likeness (QED) is 0.381. The van der Waals surface area contributed by atoms with E-state index >= 15 is 0 Å². The third-order valence-electron chi connectivity index (χ3n) is 4.82. The van der Waals surface area contributed by atoms with Crippen LogP contribution in [0.15, 0.2) is 22.7 Å². The lowest BCUT2D eigenvalue weighted by atomic mass is 10.2. The van der Waals surface area contributed by atoms with Crippen molar-refractivity contribution in [3.8, 4) is 16.8 Å². The maximum absolute atomic E-state index is 12.4. The molecule has 0 unspecified atom stereocenters. The van der Waals surface area contributed by atoms with Crippen LogP contribution in [0.3, 0.4) is 0 Å². The van der Waals surface area contributed by atoms with Gasteiger partial charge in [0.1, 0.15) is 15.9 Å². The molecule has 11 heteroatoms. The van der Waals surface area contributed by atoms with Crippen LogP contribution in [0.1, 0.15) is 40.6 Å². The molecule has 4 rings (SSSR count). The minimum Gasteiger partial charge on any atom is -0.462 e. The first kappa shape index (κ1) is 21.8. The van der Waals surface area contributed by atoms with Gasteiger partial charge in [-0.2, -0.15) is 5.26 Å². The second-order valence-electron chi connectivity index (χ2n) is 6.80. The molecule has 162 valence electrons. The largest absolute Gasteiger partial charge is 0.462 e. The van der Waals surface area contributed by atoms with Crippen molar-refractivity contribution >= 4 is 45.4 Å². The molecule has 1 atom stereocenters. The maximum Gasteiger partial charge on any atom is 0.348 e. The van der Waals surface area contributed by atoms with Crippen molar-refractivity contribution in [3.63, 3.8) is 0 Å². The Morgan fingerprint density at radius 1 is 1.52 bits per heavy atom. The fraction of sp³-hybridized carbons (Fsp3) is 0.400. The Morgan fingerprint density at radius 2 is 2.39 bits per heavy atom. The number of hydrogen-bond donors (Lipinski definition) is 1. The van der Waals surface area contributed by atoms with Crippen molar-refractivity contribution in [2.75, 3.05) is 18.9 Å². The van der Waals surface area contributed by atoms with Gasteiger partial charge in [0.15, 0.2) is 11.0 Å². The molecule has 0 aliphatic carbocycles. The van der Waals surface area contributed by atoms with Gasteiger partial charge in [0, 0.05) is 17.9 Å². The van der Waals surface area contributed by atoms with Gasteiger partial charge in [0.05, 0.1) is 29.7 Å². The highest BCUT2D eigenvalue weighted by Gasteiger charge is 2.25. The van der Waals surface area contributed by atoms with Gasteiger partial charge in [0.2, 0.25) is 0 Å². The summed E-state index contributed by atoms with van der Waals surface area (Å²) in [6.07, 6.45) is 2.17. The zero-order chi connectivity index (χ0) is 21.8. The summed E-state index contributed by atoms with van der Waals surface area (Å²) >= 11 is 4.12. The molecular formula is C20H21N5O3S3. The van der Waals surface area contributed by atoms with Gasteiger partial charge in [-0.1, -0.05) is 17.8 Å². The summed E-state index contributed by atoms with van der Waals surface area (Å²) in [7, 11) is 0. The molecule has 1 saturated heterocycles. The van der Waals surface area contributed by atoms with E-state index in [-0.39, 0.29) is 12.7 Å². The average Bonchev–Trinajstić information content (AvgIpc) is 3.55. The normalized spacial score (nSPS) is 15.8. The number of nitrogens with zero attached hydrogens (tertiary/aromatic N) is 4. The van der Waals surface area contributed by atoms with Crippen molar-refractivity contribution in [2.45, 2.75) is 43.3 Å². The zero-order valence-corrected chi connectivity index (χ0v) is 19.3. The SMILES string of the molecule is CCOC(=O)c1sc(N)c(C#N)c1CSc1nnc(-c2cccs2)n1C[C@@H]1CCCO1. The number of esters is 1. The number of carbonyl (C=O) groups is 1. The van der Waals surface area contributed by atoms with E-state index < -0.39 is 5.97 Å². The van der Waals surface area contributed by atoms with E-state index in [2.05, 4.69) is 20.8 Å². The van der Waals surface area contributed by atoms with E-state index in [0.29, 0.717) is 38.5 Å². The molecule has 0 aromatic carbocycles. The summed E-state index contributed by atoms with van der Waals surface area (Å²) in [6.45, 7) is 3.43. The van der Waals surface area contributed by atoms with E-state index in [1.807, 2.05) is 17.5 Å². The number of thioether (sulfide) groups is 1. The molecule has 3 aromatic rings. The van der Waals surface area contributed by atoms with Crippen molar-refractivity contribution < 1.29 is 14.3 Å². The summed E-state index contributed by atoms with van der Waals surface area (Å²) in [6, 6.07) is 6.12. The Bertz CT molecular complexity index is 1090. The van der Waals surface area contributed by atoms with Gasteiger partial charge in [-0.25, -0.2) is 4.79 Å².